The second kappa shape index (κ2) is 4.97. The summed E-state index contributed by atoms with van der Waals surface area (Å²) in [6, 6.07) is 1.31. The molecule has 1 aromatic heterocycles. The Morgan fingerprint density at radius 3 is 2.89 bits per heavy atom. The van der Waals surface area contributed by atoms with Gasteiger partial charge >= 0.3 is 0 Å². The Balaban J connectivity index is 2.20. The number of halogens is 1. The first-order valence-corrected chi connectivity index (χ1v) is 6.17. The molecule has 2 rings (SSSR count). The second-order valence-electron chi connectivity index (χ2n) is 4.44. The Bertz CT molecular complexity index is 486. The Morgan fingerprint density at radius 2 is 2.33 bits per heavy atom. The van der Waals surface area contributed by atoms with E-state index in [9.17, 15) is 14.9 Å². The highest BCUT2D eigenvalue weighted by Crippen LogP contribution is 2.20. The zero-order chi connectivity index (χ0) is 13.3. The Morgan fingerprint density at radius 1 is 1.61 bits per heavy atom. The minimum absolute atomic E-state index is 0.0297. The molecule has 1 saturated heterocycles. The molecule has 0 bridgehead atoms. The van der Waals surface area contributed by atoms with Gasteiger partial charge in [0.1, 0.15) is 5.69 Å². The summed E-state index contributed by atoms with van der Waals surface area (Å²) in [5.41, 5.74) is 0.257. The quantitative estimate of drug-likeness (QED) is 0.468. The number of hydrogen-bond acceptors (Lipinski definition) is 3. The molecule has 1 unspecified atom stereocenters. The summed E-state index contributed by atoms with van der Waals surface area (Å²) >= 11 is 6.03. The van der Waals surface area contributed by atoms with E-state index in [0.29, 0.717) is 18.8 Å². The highest BCUT2D eigenvalue weighted by atomic mass is 35.5. The van der Waals surface area contributed by atoms with Crippen molar-refractivity contribution in [3.05, 3.63) is 28.1 Å². The predicted octanol–water partition coefficient (Wildman–Crippen LogP) is 1.78. The van der Waals surface area contributed by atoms with Crippen LogP contribution in [0.4, 0.5) is 5.69 Å². The van der Waals surface area contributed by atoms with Gasteiger partial charge in [-0.15, -0.1) is 11.6 Å². The molecule has 1 aliphatic heterocycles. The normalized spacial score (nSPS) is 19.9. The zero-order valence-corrected chi connectivity index (χ0v) is 10.8. The minimum atomic E-state index is -0.503. The van der Waals surface area contributed by atoms with Gasteiger partial charge in [-0.25, -0.2) is 0 Å². The smallest absolute Gasteiger partial charge is 0.287 e. The summed E-state index contributed by atoms with van der Waals surface area (Å²) in [5, 5.41) is 10.6. The number of nitro groups is 1. The Labute approximate surface area is 109 Å². The number of carbonyl (C=O) groups excluding carboxylic acids is 1. The third-order valence-corrected chi connectivity index (χ3v) is 3.43. The molecule has 1 atom stereocenters. The molecule has 6 nitrogen and oxygen atoms in total. The maximum atomic E-state index is 12.2. The molecule has 7 heteroatoms. The first kappa shape index (κ1) is 12.9. The number of nitrogens with zero attached hydrogens (tertiary/aromatic N) is 3. The van der Waals surface area contributed by atoms with Crippen molar-refractivity contribution in [1.29, 1.82) is 0 Å². The molecule has 0 aliphatic carbocycles. The fourth-order valence-electron chi connectivity index (χ4n) is 2.13. The zero-order valence-electron chi connectivity index (χ0n) is 10.0. The van der Waals surface area contributed by atoms with E-state index in [0.717, 1.165) is 12.8 Å². The van der Waals surface area contributed by atoms with Crippen LogP contribution in [-0.4, -0.2) is 38.8 Å². The average molecular weight is 272 g/mol. The minimum Gasteiger partial charge on any atom is -0.340 e. The van der Waals surface area contributed by atoms with Gasteiger partial charge in [0.15, 0.2) is 0 Å². The van der Waals surface area contributed by atoms with E-state index >= 15 is 0 Å². The van der Waals surface area contributed by atoms with Crippen molar-refractivity contribution in [1.82, 2.24) is 9.47 Å². The monoisotopic (exact) mass is 271 g/mol. The second-order valence-corrected chi connectivity index (χ2v) is 5.06. The largest absolute Gasteiger partial charge is 0.340 e. The maximum Gasteiger partial charge on any atom is 0.287 e. The maximum absolute atomic E-state index is 12.2. The van der Waals surface area contributed by atoms with Crippen LogP contribution in [0, 0.1) is 10.1 Å². The van der Waals surface area contributed by atoms with Gasteiger partial charge in [-0.05, 0) is 12.8 Å². The Hall–Kier alpha value is -1.56. The van der Waals surface area contributed by atoms with Crippen LogP contribution in [0.15, 0.2) is 12.3 Å². The van der Waals surface area contributed by atoms with Crippen molar-refractivity contribution in [2.75, 3.05) is 13.1 Å². The number of carbonyl (C=O) groups is 1. The molecule has 1 aromatic rings. The molecule has 98 valence electrons. The fourth-order valence-corrected chi connectivity index (χ4v) is 2.45. The van der Waals surface area contributed by atoms with Gasteiger partial charge in [-0.3, -0.25) is 14.9 Å². The number of rotatable bonds is 2. The molecule has 1 aliphatic rings. The van der Waals surface area contributed by atoms with E-state index < -0.39 is 4.92 Å². The third-order valence-electron chi connectivity index (χ3n) is 3.07. The van der Waals surface area contributed by atoms with Crippen LogP contribution in [-0.2, 0) is 7.05 Å². The predicted molar refractivity (Wildman–Crippen MR) is 66.8 cm³/mol. The van der Waals surface area contributed by atoms with Crippen LogP contribution in [0.5, 0.6) is 0 Å². The summed E-state index contributed by atoms with van der Waals surface area (Å²) in [6.45, 7) is 1.15. The molecule has 2 heterocycles. The molecule has 0 spiro atoms. The first-order valence-electron chi connectivity index (χ1n) is 5.73. The number of amides is 1. The van der Waals surface area contributed by atoms with Gasteiger partial charge in [0.05, 0.1) is 16.5 Å². The number of likely N-dealkylation sites (tertiary alicyclic amines) is 1. The number of aryl methyl sites for hydroxylation is 1. The van der Waals surface area contributed by atoms with Crippen molar-refractivity contribution in [3.8, 4) is 0 Å². The number of alkyl halides is 1. The van der Waals surface area contributed by atoms with E-state index in [-0.39, 0.29) is 17.0 Å². The van der Waals surface area contributed by atoms with Gasteiger partial charge in [0.2, 0.25) is 0 Å². The lowest BCUT2D eigenvalue weighted by molar-refractivity contribution is -0.384. The van der Waals surface area contributed by atoms with E-state index in [1.54, 1.807) is 11.9 Å². The summed E-state index contributed by atoms with van der Waals surface area (Å²) in [4.78, 5) is 24.0. The third kappa shape index (κ3) is 2.48. The van der Waals surface area contributed by atoms with Crippen LogP contribution in [0.1, 0.15) is 23.3 Å². The summed E-state index contributed by atoms with van der Waals surface area (Å²) in [7, 11) is 1.63. The van der Waals surface area contributed by atoms with Gasteiger partial charge in [-0.2, -0.15) is 0 Å². The van der Waals surface area contributed by atoms with Gasteiger partial charge < -0.3 is 9.47 Å². The molecule has 1 fully saturated rings. The molecule has 0 radical (unpaired) electrons. The SMILES string of the molecule is Cn1cc([N+](=O)[O-])cc1C(=O)N1CCCC(Cl)C1. The van der Waals surface area contributed by atoms with E-state index in [1.807, 2.05) is 0 Å². The van der Waals surface area contributed by atoms with Crippen LogP contribution in [0.25, 0.3) is 0 Å². The van der Waals surface area contributed by atoms with Crippen molar-refractivity contribution < 1.29 is 9.72 Å². The summed E-state index contributed by atoms with van der Waals surface area (Å²) in [5.74, 6) is -0.198. The van der Waals surface area contributed by atoms with Crippen molar-refractivity contribution in [2.24, 2.45) is 7.05 Å². The average Bonchev–Trinajstić information content (AvgIpc) is 2.70. The van der Waals surface area contributed by atoms with Crippen LogP contribution in [0.2, 0.25) is 0 Å². The van der Waals surface area contributed by atoms with E-state index in [4.69, 9.17) is 11.6 Å². The van der Waals surface area contributed by atoms with Crippen molar-refractivity contribution in [2.45, 2.75) is 18.2 Å². The standard InChI is InChI=1S/C11H14ClN3O3/c1-13-7-9(15(17)18)5-10(13)11(16)14-4-2-3-8(12)6-14/h5,7-8H,2-4,6H2,1H3. The van der Waals surface area contributed by atoms with Crippen LogP contribution < -0.4 is 0 Å². The molecule has 18 heavy (non-hydrogen) atoms. The number of piperidine rings is 1. The highest BCUT2D eigenvalue weighted by Gasteiger charge is 2.26. The summed E-state index contributed by atoms with van der Waals surface area (Å²) < 4.78 is 1.48. The lowest BCUT2D eigenvalue weighted by Gasteiger charge is -2.29. The molecule has 0 saturated carbocycles. The van der Waals surface area contributed by atoms with Gasteiger partial charge in [0.25, 0.3) is 11.6 Å². The topological polar surface area (TPSA) is 68.4 Å². The van der Waals surface area contributed by atoms with Crippen molar-refractivity contribution in [3.63, 3.8) is 0 Å². The molecule has 1 amide bonds. The first-order chi connectivity index (χ1) is 8.49. The summed E-state index contributed by atoms with van der Waals surface area (Å²) in [6.07, 6.45) is 3.11. The van der Waals surface area contributed by atoms with Crippen LogP contribution >= 0.6 is 11.6 Å². The lowest BCUT2D eigenvalue weighted by Crippen LogP contribution is -2.41. The van der Waals surface area contributed by atoms with Crippen molar-refractivity contribution >= 4 is 23.2 Å². The van der Waals surface area contributed by atoms with Gasteiger partial charge in [0, 0.05) is 26.2 Å². The molecule has 0 N–H and O–H groups in total. The van der Waals surface area contributed by atoms with Crippen LogP contribution in [0.3, 0.4) is 0 Å². The molecular weight excluding hydrogens is 258 g/mol. The molecular formula is C11H14ClN3O3. The van der Waals surface area contributed by atoms with Gasteiger partial charge in [-0.1, -0.05) is 0 Å². The number of hydrogen-bond donors (Lipinski definition) is 0. The van der Waals surface area contributed by atoms with E-state index in [2.05, 4.69) is 0 Å². The molecule has 0 aromatic carbocycles. The lowest BCUT2D eigenvalue weighted by atomic mass is 10.1. The number of aromatic nitrogens is 1. The Kier molecular flexibility index (Phi) is 3.56. The van der Waals surface area contributed by atoms with E-state index in [1.165, 1.54) is 16.8 Å². The highest BCUT2D eigenvalue weighted by molar-refractivity contribution is 6.21. The fraction of sp³-hybridized carbons (Fsp3) is 0.545.